The third kappa shape index (κ3) is 4.90. The quantitative estimate of drug-likeness (QED) is 0.212. The average Bonchev–Trinajstić information content (AvgIpc) is 3.05. The summed E-state index contributed by atoms with van der Waals surface area (Å²) in [7, 11) is 2.13. The van der Waals surface area contributed by atoms with Gasteiger partial charge in [0.25, 0.3) is 0 Å². The number of hydrogen-bond donors (Lipinski definition) is 0. The maximum Gasteiger partial charge on any atom is 0.0536 e. The fraction of sp³-hybridized carbons (Fsp3) is 0.0769. The highest BCUT2D eigenvalue weighted by atomic mass is 15.1. The molecule has 41 heavy (non-hydrogen) atoms. The molecule has 0 spiro atoms. The molecule has 0 aliphatic heterocycles. The van der Waals surface area contributed by atoms with Crippen molar-refractivity contribution in [2.75, 3.05) is 16.8 Å². The minimum absolute atomic E-state index is 1.09. The lowest BCUT2D eigenvalue weighted by atomic mass is 9.95. The summed E-state index contributed by atoms with van der Waals surface area (Å²) in [6.45, 7) is 0. The summed E-state index contributed by atoms with van der Waals surface area (Å²) >= 11 is 0. The molecule has 0 saturated heterocycles. The Balaban J connectivity index is 1.18. The summed E-state index contributed by atoms with van der Waals surface area (Å²) < 4.78 is 0. The van der Waals surface area contributed by atoms with E-state index in [4.69, 9.17) is 0 Å². The van der Waals surface area contributed by atoms with Crippen LogP contribution >= 0.6 is 0 Å². The molecule has 0 saturated carbocycles. The molecule has 0 bridgehead atoms. The predicted octanol–water partition coefficient (Wildman–Crippen LogP) is 10.7. The molecule has 0 atom stereocenters. The van der Waals surface area contributed by atoms with Gasteiger partial charge in [0.1, 0.15) is 0 Å². The molecule has 2 heteroatoms. The van der Waals surface area contributed by atoms with Gasteiger partial charge in [-0.15, -0.1) is 0 Å². The molecule has 198 valence electrons. The highest BCUT2D eigenvalue weighted by molar-refractivity contribution is 5.87. The molecule has 6 aromatic carbocycles. The lowest BCUT2D eigenvalue weighted by Crippen LogP contribution is -2.12. The highest BCUT2D eigenvalue weighted by Gasteiger charge is 2.18. The van der Waals surface area contributed by atoms with Crippen LogP contribution < -0.4 is 9.80 Å². The second kappa shape index (κ2) is 10.8. The van der Waals surface area contributed by atoms with Crippen LogP contribution in [0.1, 0.15) is 17.5 Å². The number of allylic oxidation sites excluding steroid dienone is 1. The maximum absolute atomic E-state index is 2.37. The zero-order chi connectivity index (χ0) is 27.6. The lowest BCUT2D eigenvalue weighted by Gasteiger charge is -2.29. The van der Waals surface area contributed by atoms with Crippen LogP contribution in [0.3, 0.4) is 0 Å². The Bertz CT molecular complexity index is 1830. The Morgan fingerprint density at radius 2 is 1.15 bits per heavy atom. The van der Waals surface area contributed by atoms with Crippen LogP contribution in [0.15, 0.2) is 146 Å². The molecule has 2 nitrogen and oxygen atoms in total. The van der Waals surface area contributed by atoms with Gasteiger partial charge in [-0.05, 0) is 94.9 Å². The molecule has 7 rings (SSSR count). The number of para-hydroxylation sites is 1. The summed E-state index contributed by atoms with van der Waals surface area (Å²) in [4.78, 5) is 4.62. The largest absolute Gasteiger partial charge is 0.345 e. The lowest BCUT2D eigenvalue weighted by molar-refractivity contribution is 0.984. The third-order valence-electron chi connectivity index (χ3n) is 8.13. The van der Waals surface area contributed by atoms with Crippen molar-refractivity contribution in [1.29, 1.82) is 0 Å². The van der Waals surface area contributed by atoms with Gasteiger partial charge in [0.2, 0.25) is 0 Å². The topological polar surface area (TPSA) is 6.48 Å². The molecule has 0 N–H and O–H groups in total. The fourth-order valence-corrected chi connectivity index (χ4v) is 5.86. The van der Waals surface area contributed by atoms with Gasteiger partial charge >= 0.3 is 0 Å². The van der Waals surface area contributed by atoms with Gasteiger partial charge in [-0.25, -0.2) is 0 Å². The Morgan fingerprint density at radius 3 is 1.90 bits per heavy atom. The Kier molecular flexibility index (Phi) is 6.58. The van der Waals surface area contributed by atoms with Crippen LogP contribution in [0.5, 0.6) is 0 Å². The number of nitrogens with zero attached hydrogens (tertiary/aromatic N) is 2. The van der Waals surface area contributed by atoms with E-state index < -0.39 is 0 Å². The second-order valence-electron chi connectivity index (χ2n) is 10.6. The van der Waals surface area contributed by atoms with Crippen LogP contribution in [-0.2, 0) is 6.42 Å². The molecule has 0 unspecified atom stereocenters. The molecule has 0 radical (unpaired) electrons. The van der Waals surface area contributed by atoms with Crippen molar-refractivity contribution in [3.8, 4) is 11.1 Å². The third-order valence-corrected chi connectivity index (χ3v) is 8.13. The van der Waals surface area contributed by atoms with E-state index in [1.165, 1.54) is 44.4 Å². The minimum Gasteiger partial charge on any atom is -0.345 e. The Hall–Kier alpha value is -5.08. The van der Waals surface area contributed by atoms with Crippen molar-refractivity contribution in [3.05, 3.63) is 157 Å². The molecular formula is C39H32N2. The van der Waals surface area contributed by atoms with Crippen molar-refractivity contribution in [2.45, 2.75) is 12.8 Å². The van der Waals surface area contributed by atoms with E-state index in [0.29, 0.717) is 0 Å². The Morgan fingerprint density at radius 1 is 0.512 bits per heavy atom. The molecular weight excluding hydrogens is 496 g/mol. The van der Waals surface area contributed by atoms with Crippen molar-refractivity contribution in [3.63, 3.8) is 0 Å². The molecule has 1 aliphatic rings. The zero-order valence-electron chi connectivity index (χ0n) is 23.2. The first-order chi connectivity index (χ1) is 20.2. The first-order valence-electron chi connectivity index (χ1n) is 14.3. The molecule has 0 fully saturated rings. The monoisotopic (exact) mass is 528 g/mol. The van der Waals surface area contributed by atoms with Gasteiger partial charge in [0, 0.05) is 35.4 Å². The molecule has 0 amide bonds. The van der Waals surface area contributed by atoms with Gasteiger partial charge in [0.05, 0.1) is 5.69 Å². The van der Waals surface area contributed by atoms with E-state index in [9.17, 15) is 0 Å². The van der Waals surface area contributed by atoms with Gasteiger partial charge in [-0.2, -0.15) is 0 Å². The van der Waals surface area contributed by atoms with Crippen LogP contribution in [0.25, 0.3) is 28.0 Å². The summed E-state index contributed by atoms with van der Waals surface area (Å²) in [5, 5.41) is 2.52. The molecule has 1 aliphatic carbocycles. The molecule has 6 aromatic rings. The van der Waals surface area contributed by atoms with E-state index in [2.05, 4.69) is 169 Å². The number of hydrogen-bond acceptors (Lipinski definition) is 2. The van der Waals surface area contributed by atoms with Crippen LogP contribution in [0, 0.1) is 0 Å². The van der Waals surface area contributed by atoms with Crippen molar-refractivity contribution >= 4 is 45.3 Å². The average molecular weight is 529 g/mol. The summed E-state index contributed by atoms with van der Waals surface area (Å²) in [6.07, 6.45) is 6.77. The number of fused-ring (bicyclic) bond motifs is 2. The Labute approximate surface area is 242 Å². The highest BCUT2D eigenvalue weighted by Crippen LogP contribution is 2.40. The van der Waals surface area contributed by atoms with Crippen molar-refractivity contribution < 1.29 is 0 Å². The minimum atomic E-state index is 1.09. The first-order valence-corrected chi connectivity index (χ1v) is 14.3. The normalized spacial score (nSPS) is 12.2. The van der Waals surface area contributed by atoms with E-state index >= 15 is 0 Å². The van der Waals surface area contributed by atoms with E-state index in [1.54, 1.807) is 0 Å². The van der Waals surface area contributed by atoms with Crippen molar-refractivity contribution in [1.82, 2.24) is 0 Å². The number of anilines is 5. The van der Waals surface area contributed by atoms with Gasteiger partial charge < -0.3 is 9.80 Å². The summed E-state index contributed by atoms with van der Waals surface area (Å²) in [5.74, 6) is 0. The number of rotatable bonds is 6. The van der Waals surface area contributed by atoms with Crippen molar-refractivity contribution in [2.24, 2.45) is 0 Å². The molecule has 0 aromatic heterocycles. The van der Waals surface area contributed by atoms with Gasteiger partial charge in [-0.3, -0.25) is 0 Å². The van der Waals surface area contributed by atoms with Crippen LogP contribution in [-0.4, -0.2) is 7.05 Å². The standard InChI is InChI=1S/C39H32N2/c1-40(37-27-22-29-10-5-6-12-33(29)28-37)34-23-18-30(19-24-34)31-20-25-36(26-21-31)41(35-14-3-2-4-15-35)39-17-9-13-32-11-7-8-16-38(32)39/h2-6,8-10,12-28H,7,11H2,1H3. The second-order valence-corrected chi connectivity index (χ2v) is 10.6. The maximum atomic E-state index is 2.37. The summed E-state index contributed by atoms with van der Waals surface area (Å²) in [6, 6.07) is 50.3. The van der Waals surface area contributed by atoms with Gasteiger partial charge in [0.15, 0.2) is 0 Å². The summed E-state index contributed by atoms with van der Waals surface area (Å²) in [5.41, 5.74) is 11.0. The van der Waals surface area contributed by atoms with Crippen LogP contribution in [0.4, 0.5) is 28.4 Å². The molecule has 0 heterocycles. The first kappa shape index (κ1) is 24.9. The van der Waals surface area contributed by atoms with Crippen LogP contribution in [0.2, 0.25) is 0 Å². The van der Waals surface area contributed by atoms with E-state index in [1.807, 2.05) is 0 Å². The SMILES string of the molecule is CN(c1ccc(-c2ccc(N(c3ccccc3)c3cccc4c3C=CCC4)cc2)cc1)c1ccc2ccccc2c1. The fourth-order valence-electron chi connectivity index (χ4n) is 5.86. The van der Waals surface area contributed by atoms with Gasteiger partial charge in [-0.1, -0.05) is 97.1 Å². The number of benzene rings is 6. The van der Waals surface area contributed by atoms with E-state index in [-0.39, 0.29) is 0 Å². The van der Waals surface area contributed by atoms with E-state index in [0.717, 1.165) is 29.9 Å². The zero-order valence-corrected chi connectivity index (χ0v) is 23.2. The smallest absolute Gasteiger partial charge is 0.0536 e. The number of aryl methyl sites for hydroxylation is 1. The predicted molar refractivity (Wildman–Crippen MR) is 176 cm³/mol.